The lowest BCUT2D eigenvalue weighted by Gasteiger charge is -2.33. The SMILES string of the molecule is CN1CCN(c2ccnc3[nH]c(-c4n[nH]c5ccc(-c6cncc(NC(O)CC(C)(C)C)c6)c(F)c45)nc23)CC1. The molecule has 208 valence electrons. The van der Waals surface area contributed by atoms with Gasteiger partial charge >= 0.3 is 0 Å². The fourth-order valence-electron chi connectivity index (χ4n) is 5.27. The van der Waals surface area contributed by atoms with Gasteiger partial charge in [0.25, 0.3) is 0 Å². The molecule has 1 aromatic carbocycles. The fraction of sp³-hybridized carbons (Fsp3) is 0.379. The van der Waals surface area contributed by atoms with E-state index < -0.39 is 12.0 Å². The summed E-state index contributed by atoms with van der Waals surface area (Å²) in [7, 11) is 2.12. The maximum absolute atomic E-state index is 16.2. The molecule has 0 radical (unpaired) electrons. The number of aromatic amines is 2. The minimum Gasteiger partial charge on any atom is -0.374 e. The first-order chi connectivity index (χ1) is 19.2. The van der Waals surface area contributed by atoms with Crippen molar-refractivity contribution in [2.24, 2.45) is 5.41 Å². The lowest BCUT2D eigenvalue weighted by atomic mass is 9.91. The van der Waals surface area contributed by atoms with Crippen molar-refractivity contribution in [2.75, 3.05) is 43.4 Å². The van der Waals surface area contributed by atoms with E-state index in [1.54, 1.807) is 36.8 Å². The number of rotatable bonds is 6. The number of nitrogens with one attached hydrogen (secondary N) is 3. The molecule has 10 nitrogen and oxygen atoms in total. The Kier molecular flexibility index (Phi) is 6.63. The molecule has 11 heteroatoms. The molecule has 1 fully saturated rings. The Bertz CT molecular complexity index is 1660. The zero-order valence-corrected chi connectivity index (χ0v) is 23.2. The standard InChI is InChI=1S/C29H34FN9O/c1-29(2,3)14-22(40)33-18-13-17(15-31-16-18)19-5-6-20-23(24(19)30)26(37-36-20)28-34-25-21(7-8-32-27(25)35-28)39-11-9-38(4)10-12-39/h5-8,13,15-16,22,33,40H,9-12,14H2,1-4H3,(H,36,37)(H,32,34,35). The van der Waals surface area contributed by atoms with E-state index in [1.807, 2.05) is 6.07 Å². The summed E-state index contributed by atoms with van der Waals surface area (Å²) >= 11 is 0. The normalized spacial score (nSPS) is 15.7. The average molecular weight is 544 g/mol. The molecular formula is C29H34FN9O. The zero-order chi connectivity index (χ0) is 28.0. The highest BCUT2D eigenvalue weighted by Gasteiger charge is 2.23. The van der Waals surface area contributed by atoms with Gasteiger partial charge in [0.2, 0.25) is 0 Å². The van der Waals surface area contributed by atoms with Crippen LogP contribution in [-0.2, 0) is 0 Å². The number of benzene rings is 1. The van der Waals surface area contributed by atoms with Crippen LogP contribution < -0.4 is 10.2 Å². The van der Waals surface area contributed by atoms with Gasteiger partial charge in [0.05, 0.1) is 28.5 Å². The smallest absolute Gasteiger partial charge is 0.161 e. The molecule has 1 aliphatic rings. The zero-order valence-electron chi connectivity index (χ0n) is 23.2. The van der Waals surface area contributed by atoms with Gasteiger partial charge in [-0.2, -0.15) is 5.10 Å². The van der Waals surface area contributed by atoms with E-state index in [0.29, 0.717) is 51.3 Å². The molecule has 0 aliphatic carbocycles. The van der Waals surface area contributed by atoms with Crippen LogP contribution in [0.4, 0.5) is 15.8 Å². The summed E-state index contributed by atoms with van der Waals surface area (Å²) in [5.41, 5.74) is 4.86. The molecule has 5 heterocycles. The molecule has 0 amide bonds. The number of likely N-dealkylation sites (N-methyl/N-ethyl adjacent to an activating group) is 1. The molecule has 6 rings (SSSR count). The van der Waals surface area contributed by atoms with Crippen LogP contribution in [0.3, 0.4) is 0 Å². The number of hydrogen-bond donors (Lipinski definition) is 4. The monoisotopic (exact) mass is 543 g/mol. The lowest BCUT2D eigenvalue weighted by Crippen LogP contribution is -2.44. The number of imidazole rings is 1. The second-order valence-corrected chi connectivity index (χ2v) is 11.7. The Hall–Kier alpha value is -4.09. The molecule has 5 aromatic rings. The average Bonchev–Trinajstić information content (AvgIpc) is 3.53. The lowest BCUT2D eigenvalue weighted by molar-refractivity contribution is 0.145. The van der Waals surface area contributed by atoms with Crippen molar-refractivity contribution in [3.63, 3.8) is 0 Å². The van der Waals surface area contributed by atoms with Crippen molar-refractivity contribution >= 4 is 33.4 Å². The second kappa shape index (κ2) is 10.1. The van der Waals surface area contributed by atoms with E-state index in [4.69, 9.17) is 4.98 Å². The third-order valence-corrected chi connectivity index (χ3v) is 7.29. The molecule has 4 aromatic heterocycles. The summed E-state index contributed by atoms with van der Waals surface area (Å²) in [5, 5.41) is 21.2. The van der Waals surface area contributed by atoms with Crippen molar-refractivity contribution in [3.05, 3.63) is 48.7 Å². The van der Waals surface area contributed by atoms with E-state index in [1.165, 1.54) is 0 Å². The molecule has 1 aliphatic heterocycles. The van der Waals surface area contributed by atoms with E-state index in [2.05, 4.69) is 68.1 Å². The molecule has 40 heavy (non-hydrogen) atoms. The fourth-order valence-corrected chi connectivity index (χ4v) is 5.27. The van der Waals surface area contributed by atoms with Crippen LogP contribution in [0.15, 0.2) is 42.9 Å². The molecule has 1 saturated heterocycles. The number of H-pyrrole nitrogens is 2. The van der Waals surface area contributed by atoms with Crippen molar-refractivity contribution in [3.8, 4) is 22.6 Å². The molecule has 1 atom stereocenters. The highest BCUT2D eigenvalue weighted by molar-refractivity contribution is 5.97. The third kappa shape index (κ3) is 5.09. The first kappa shape index (κ1) is 26.1. The van der Waals surface area contributed by atoms with Gasteiger partial charge in [0.1, 0.15) is 23.3 Å². The van der Waals surface area contributed by atoms with Crippen molar-refractivity contribution in [2.45, 2.75) is 33.4 Å². The van der Waals surface area contributed by atoms with Crippen LogP contribution in [0.1, 0.15) is 27.2 Å². The van der Waals surface area contributed by atoms with Crippen LogP contribution in [0.5, 0.6) is 0 Å². The van der Waals surface area contributed by atoms with Gasteiger partial charge in [-0.3, -0.25) is 10.1 Å². The molecular weight excluding hydrogens is 509 g/mol. The topological polar surface area (TPSA) is 122 Å². The van der Waals surface area contributed by atoms with Crippen molar-refractivity contribution < 1.29 is 9.50 Å². The predicted molar refractivity (Wildman–Crippen MR) is 156 cm³/mol. The van der Waals surface area contributed by atoms with Gasteiger partial charge in [-0.05, 0) is 43.1 Å². The van der Waals surface area contributed by atoms with Gasteiger partial charge < -0.3 is 25.2 Å². The summed E-state index contributed by atoms with van der Waals surface area (Å²) in [6.07, 6.45) is 4.81. The van der Waals surface area contributed by atoms with E-state index in [-0.39, 0.29) is 5.41 Å². The van der Waals surface area contributed by atoms with E-state index in [9.17, 15) is 5.11 Å². The first-order valence-electron chi connectivity index (χ1n) is 13.5. The first-order valence-corrected chi connectivity index (χ1v) is 13.5. The van der Waals surface area contributed by atoms with Crippen LogP contribution in [-0.4, -0.2) is 79.6 Å². The maximum Gasteiger partial charge on any atom is 0.161 e. The minimum atomic E-state index is -0.748. The third-order valence-electron chi connectivity index (χ3n) is 7.29. The number of piperazine rings is 1. The second-order valence-electron chi connectivity index (χ2n) is 11.7. The number of aromatic nitrogens is 6. The maximum atomic E-state index is 16.2. The van der Waals surface area contributed by atoms with E-state index >= 15 is 4.39 Å². The molecule has 1 unspecified atom stereocenters. The van der Waals surface area contributed by atoms with Gasteiger partial charge in [-0.15, -0.1) is 0 Å². The highest BCUT2D eigenvalue weighted by atomic mass is 19.1. The summed E-state index contributed by atoms with van der Waals surface area (Å²) in [4.78, 5) is 21.5. The summed E-state index contributed by atoms with van der Waals surface area (Å²) < 4.78 is 16.2. The Balaban J connectivity index is 1.36. The Morgan fingerprint density at radius 2 is 1.93 bits per heavy atom. The molecule has 4 N–H and O–H groups in total. The Morgan fingerprint density at radius 3 is 2.70 bits per heavy atom. The van der Waals surface area contributed by atoms with E-state index in [0.717, 1.165) is 37.4 Å². The number of nitrogens with zero attached hydrogens (tertiary/aromatic N) is 6. The molecule has 0 bridgehead atoms. The Labute approximate surface area is 231 Å². The number of halogens is 1. The number of aliphatic hydroxyl groups excluding tert-OH is 1. The van der Waals surface area contributed by atoms with Gasteiger partial charge in [-0.25, -0.2) is 14.4 Å². The van der Waals surface area contributed by atoms with Crippen LogP contribution >= 0.6 is 0 Å². The molecule has 0 saturated carbocycles. The number of hydrogen-bond acceptors (Lipinski definition) is 8. The minimum absolute atomic E-state index is 0.0519. The van der Waals surface area contributed by atoms with Crippen molar-refractivity contribution in [1.29, 1.82) is 0 Å². The summed E-state index contributed by atoms with van der Waals surface area (Å²) in [6.45, 7) is 9.92. The van der Waals surface area contributed by atoms with Crippen molar-refractivity contribution in [1.82, 2.24) is 35.0 Å². The number of aliphatic hydroxyl groups is 1. The van der Waals surface area contributed by atoms with Crippen LogP contribution in [0.25, 0.3) is 44.7 Å². The summed E-state index contributed by atoms with van der Waals surface area (Å²) in [6, 6.07) is 7.27. The van der Waals surface area contributed by atoms with Crippen LogP contribution in [0, 0.1) is 11.2 Å². The van der Waals surface area contributed by atoms with Gasteiger partial charge in [0, 0.05) is 49.7 Å². The largest absolute Gasteiger partial charge is 0.374 e. The number of anilines is 2. The Morgan fingerprint density at radius 1 is 1.12 bits per heavy atom. The predicted octanol–water partition coefficient (Wildman–Crippen LogP) is 4.62. The van der Waals surface area contributed by atoms with Gasteiger partial charge in [-0.1, -0.05) is 20.8 Å². The number of fused-ring (bicyclic) bond motifs is 2. The van der Waals surface area contributed by atoms with Gasteiger partial charge in [0.15, 0.2) is 11.5 Å². The molecule has 0 spiro atoms. The highest BCUT2D eigenvalue weighted by Crippen LogP contribution is 2.35. The van der Waals surface area contributed by atoms with Crippen LogP contribution in [0.2, 0.25) is 0 Å². The number of pyridine rings is 2. The summed E-state index contributed by atoms with van der Waals surface area (Å²) in [5.74, 6) is 0.0216. The quantitative estimate of drug-likeness (QED) is 0.229.